The number of nitrogens with one attached hydrogen (secondary N) is 2. The Morgan fingerprint density at radius 1 is 1.39 bits per heavy atom. The van der Waals surface area contributed by atoms with Crippen molar-refractivity contribution in [2.24, 2.45) is 0 Å². The topological polar surface area (TPSA) is 53.6 Å². The predicted molar refractivity (Wildman–Crippen MR) is 97.5 cm³/mol. The van der Waals surface area contributed by atoms with Gasteiger partial charge in [-0.15, -0.1) is 24.8 Å². The summed E-state index contributed by atoms with van der Waals surface area (Å²) in [7, 11) is 2.07. The second-order valence-corrected chi connectivity index (χ2v) is 5.56. The molecule has 0 aliphatic carbocycles. The number of morpholine rings is 1. The lowest BCUT2D eigenvalue weighted by Crippen LogP contribution is -2.50. The van der Waals surface area contributed by atoms with Crippen LogP contribution in [-0.4, -0.2) is 56.2 Å². The number of likely N-dealkylation sites (N-methyl/N-ethyl adjacent to an activating group) is 1. The monoisotopic (exact) mass is 363 g/mol. The van der Waals surface area contributed by atoms with E-state index in [1.165, 1.54) is 5.56 Å². The molecule has 1 aliphatic heterocycles. The molecule has 132 valence electrons. The molecule has 1 fully saturated rings. The van der Waals surface area contributed by atoms with Crippen molar-refractivity contribution in [3.63, 3.8) is 0 Å². The number of halogens is 2. The number of benzene rings is 1. The van der Waals surface area contributed by atoms with Crippen molar-refractivity contribution in [3.05, 3.63) is 35.9 Å². The van der Waals surface area contributed by atoms with Gasteiger partial charge in [0.15, 0.2) is 0 Å². The lowest BCUT2D eigenvalue weighted by Gasteiger charge is -2.27. The van der Waals surface area contributed by atoms with Crippen LogP contribution in [0.2, 0.25) is 0 Å². The van der Waals surface area contributed by atoms with E-state index in [4.69, 9.17) is 4.74 Å². The standard InChI is InChI=1S/C16H25N3O2.2ClH/c1-13(19(2)12-14-6-4-3-5-7-14)10-18-16(20)15-11-17-8-9-21-15;;/h3-7,13,15,17H,8-12H2,1-2H3,(H,18,20);2*1H. The fourth-order valence-electron chi connectivity index (χ4n) is 2.28. The largest absolute Gasteiger partial charge is 0.366 e. The summed E-state index contributed by atoms with van der Waals surface area (Å²) in [5.74, 6) is -0.0258. The van der Waals surface area contributed by atoms with E-state index in [0.29, 0.717) is 19.7 Å². The van der Waals surface area contributed by atoms with Gasteiger partial charge in [0.1, 0.15) is 6.10 Å². The summed E-state index contributed by atoms with van der Waals surface area (Å²) in [5, 5.41) is 6.14. The minimum atomic E-state index is -0.356. The number of nitrogens with zero attached hydrogens (tertiary/aromatic N) is 1. The van der Waals surface area contributed by atoms with Gasteiger partial charge in [-0.3, -0.25) is 9.69 Å². The van der Waals surface area contributed by atoms with Gasteiger partial charge in [0, 0.05) is 32.2 Å². The number of amides is 1. The van der Waals surface area contributed by atoms with E-state index in [9.17, 15) is 4.79 Å². The second kappa shape index (κ2) is 11.6. The SMILES string of the molecule is CC(CNC(=O)C1CNCCO1)N(C)Cc1ccccc1.Cl.Cl. The quantitative estimate of drug-likeness (QED) is 0.803. The molecule has 23 heavy (non-hydrogen) atoms. The maximum Gasteiger partial charge on any atom is 0.250 e. The molecule has 0 saturated carbocycles. The van der Waals surface area contributed by atoms with E-state index in [2.05, 4.69) is 41.6 Å². The highest BCUT2D eigenvalue weighted by atomic mass is 35.5. The van der Waals surface area contributed by atoms with Crippen molar-refractivity contribution in [1.29, 1.82) is 0 Å². The van der Waals surface area contributed by atoms with Crippen molar-refractivity contribution in [1.82, 2.24) is 15.5 Å². The Morgan fingerprint density at radius 2 is 2.09 bits per heavy atom. The number of carbonyl (C=O) groups excluding carboxylic acids is 1. The number of rotatable bonds is 6. The second-order valence-electron chi connectivity index (χ2n) is 5.56. The molecule has 1 aromatic carbocycles. The van der Waals surface area contributed by atoms with Crippen LogP contribution >= 0.6 is 24.8 Å². The van der Waals surface area contributed by atoms with E-state index in [0.717, 1.165) is 13.1 Å². The number of hydrogen-bond acceptors (Lipinski definition) is 4. The molecular weight excluding hydrogens is 337 g/mol. The highest BCUT2D eigenvalue weighted by Crippen LogP contribution is 2.05. The highest BCUT2D eigenvalue weighted by molar-refractivity contribution is 5.85. The van der Waals surface area contributed by atoms with Gasteiger partial charge in [-0.1, -0.05) is 30.3 Å². The van der Waals surface area contributed by atoms with Crippen molar-refractivity contribution >= 4 is 30.7 Å². The minimum absolute atomic E-state index is 0. The smallest absolute Gasteiger partial charge is 0.250 e. The third-order valence-corrected chi connectivity index (χ3v) is 3.82. The summed E-state index contributed by atoms with van der Waals surface area (Å²) in [6.07, 6.45) is -0.356. The Bertz CT molecular complexity index is 442. The van der Waals surface area contributed by atoms with Gasteiger partial charge in [-0.2, -0.15) is 0 Å². The third-order valence-electron chi connectivity index (χ3n) is 3.82. The Balaban J connectivity index is 0.00000242. The summed E-state index contributed by atoms with van der Waals surface area (Å²) >= 11 is 0. The first-order valence-corrected chi connectivity index (χ1v) is 7.51. The first-order chi connectivity index (χ1) is 10.2. The van der Waals surface area contributed by atoms with Crippen LogP contribution in [0, 0.1) is 0 Å². The van der Waals surface area contributed by atoms with E-state index < -0.39 is 0 Å². The maximum absolute atomic E-state index is 12.0. The van der Waals surface area contributed by atoms with Crippen LogP contribution in [0.15, 0.2) is 30.3 Å². The van der Waals surface area contributed by atoms with Crippen LogP contribution in [0.1, 0.15) is 12.5 Å². The van der Waals surface area contributed by atoms with Gasteiger partial charge < -0.3 is 15.4 Å². The maximum atomic E-state index is 12.0. The molecule has 1 heterocycles. The van der Waals surface area contributed by atoms with E-state index >= 15 is 0 Å². The normalized spacial score (nSPS) is 18.5. The predicted octanol–water partition coefficient (Wildman–Crippen LogP) is 1.46. The van der Waals surface area contributed by atoms with E-state index in [-0.39, 0.29) is 42.9 Å². The molecule has 2 unspecified atom stereocenters. The molecule has 1 saturated heterocycles. The van der Waals surface area contributed by atoms with Gasteiger partial charge >= 0.3 is 0 Å². The Kier molecular flexibility index (Phi) is 11.2. The average Bonchev–Trinajstić information content (AvgIpc) is 2.54. The van der Waals surface area contributed by atoms with Crippen molar-refractivity contribution in [3.8, 4) is 0 Å². The van der Waals surface area contributed by atoms with E-state index in [1.807, 2.05) is 18.2 Å². The van der Waals surface area contributed by atoms with Crippen LogP contribution < -0.4 is 10.6 Å². The van der Waals surface area contributed by atoms with Crippen LogP contribution in [0.4, 0.5) is 0 Å². The lowest BCUT2D eigenvalue weighted by atomic mass is 10.2. The summed E-state index contributed by atoms with van der Waals surface area (Å²) < 4.78 is 5.44. The first-order valence-electron chi connectivity index (χ1n) is 7.51. The number of carbonyl (C=O) groups is 1. The first kappa shape index (κ1) is 22.1. The molecule has 2 rings (SSSR count). The molecule has 2 N–H and O–H groups in total. The van der Waals surface area contributed by atoms with Crippen LogP contribution in [0.5, 0.6) is 0 Å². The Morgan fingerprint density at radius 3 is 2.70 bits per heavy atom. The van der Waals surface area contributed by atoms with Gasteiger partial charge in [0.05, 0.1) is 6.61 Å². The Hall–Kier alpha value is -0.850. The summed E-state index contributed by atoms with van der Waals surface area (Å²) in [6.45, 7) is 5.63. The van der Waals surface area contributed by atoms with E-state index in [1.54, 1.807) is 0 Å². The zero-order valence-electron chi connectivity index (χ0n) is 13.7. The molecule has 0 bridgehead atoms. The van der Waals surface area contributed by atoms with Crippen LogP contribution in [-0.2, 0) is 16.1 Å². The van der Waals surface area contributed by atoms with Crippen LogP contribution in [0.3, 0.4) is 0 Å². The molecule has 0 radical (unpaired) electrons. The summed E-state index contributed by atoms with van der Waals surface area (Å²) in [5.41, 5.74) is 1.28. The molecule has 1 aromatic rings. The molecule has 2 atom stereocenters. The fourth-order valence-corrected chi connectivity index (χ4v) is 2.28. The molecule has 1 aliphatic rings. The van der Waals surface area contributed by atoms with Crippen molar-refractivity contribution in [2.75, 3.05) is 33.3 Å². The van der Waals surface area contributed by atoms with Gasteiger partial charge in [-0.05, 0) is 19.5 Å². The minimum Gasteiger partial charge on any atom is -0.366 e. The molecule has 1 amide bonds. The van der Waals surface area contributed by atoms with Crippen molar-refractivity contribution < 1.29 is 9.53 Å². The fraction of sp³-hybridized carbons (Fsp3) is 0.562. The Labute approximate surface area is 151 Å². The molecule has 7 heteroatoms. The number of ether oxygens (including phenoxy) is 1. The molecular formula is C16H27Cl2N3O2. The zero-order valence-corrected chi connectivity index (χ0v) is 15.3. The lowest BCUT2D eigenvalue weighted by molar-refractivity contribution is -0.134. The highest BCUT2D eigenvalue weighted by Gasteiger charge is 2.22. The third kappa shape index (κ3) is 7.50. The number of hydrogen-bond donors (Lipinski definition) is 2. The van der Waals surface area contributed by atoms with Gasteiger partial charge in [0.2, 0.25) is 0 Å². The molecule has 0 spiro atoms. The van der Waals surface area contributed by atoms with Gasteiger partial charge in [0.25, 0.3) is 5.91 Å². The summed E-state index contributed by atoms with van der Waals surface area (Å²) in [4.78, 5) is 14.2. The zero-order chi connectivity index (χ0) is 15.1. The van der Waals surface area contributed by atoms with Gasteiger partial charge in [-0.25, -0.2) is 0 Å². The average molecular weight is 364 g/mol. The molecule has 5 nitrogen and oxygen atoms in total. The van der Waals surface area contributed by atoms with Crippen LogP contribution in [0.25, 0.3) is 0 Å². The van der Waals surface area contributed by atoms with Crippen molar-refractivity contribution in [2.45, 2.75) is 25.6 Å². The molecule has 0 aromatic heterocycles. The summed E-state index contributed by atoms with van der Waals surface area (Å²) in [6, 6.07) is 10.6.